The number of ether oxygens (including phenoxy) is 1. The maximum Gasteiger partial charge on any atom is 0.251 e. The van der Waals surface area contributed by atoms with Crippen LogP contribution in [0.1, 0.15) is 28.9 Å². The molecule has 0 aromatic heterocycles. The topological polar surface area (TPSA) is 84.5 Å². The van der Waals surface area contributed by atoms with Crippen LogP contribution in [0.3, 0.4) is 0 Å². The zero-order valence-electron chi connectivity index (χ0n) is 14.0. The summed E-state index contributed by atoms with van der Waals surface area (Å²) in [6.45, 7) is 1.75. The Bertz CT molecular complexity index is 884. The fourth-order valence-electron chi connectivity index (χ4n) is 2.26. The number of anilines is 1. The molecule has 1 unspecified atom stereocenters. The second-order valence-electron chi connectivity index (χ2n) is 5.54. The maximum absolute atomic E-state index is 13.7. The Balaban J connectivity index is 2.13. The molecule has 2 N–H and O–H groups in total. The predicted molar refractivity (Wildman–Crippen MR) is 93.7 cm³/mol. The van der Waals surface area contributed by atoms with Crippen molar-refractivity contribution >= 4 is 21.6 Å². The van der Waals surface area contributed by atoms with E-state index in [4.69, 9.17) is 4.74 Å². The molecule has 0 radical (unpaired) electrons. The van der Waals surface area contributed by atoms with Gasteiger partial charge in [0, 0.05) is 11.3 Å². The molecule has 0 aliphatic carbocycles. The first-order chi connectivity index (χ1) is 11.7. The highest BCUT2D eigenvalue weighted by Crippen LogP contribution is 2.20. The number of hydrogen-bond donors (Lipinski definition) is 2. The molecule has 1 atom stereocenters. The van der Waals surface area contributed by atoms with E-state index in [-0.39, 0.29) is 11.3 Å². The molecule has 0 heterocycles. The number of halogens is 1. The van der Waals surface area contributed by atoms with Crippen LogP contribution in [0.5, 0.6) is 5.75 Å². The van der Waals surface area contributed by atoms with E-state index in [1.807, 2.05) is 0 Å². The van der Waals surface area contributed by atoms with Crippen molar-refractivity contribution in [2.24, 2.45) is 0 Å². The van der Waals surface area contributed by atoms with Gasteiger partial charge in [0.05, 0.1) is 19.4 Å². The van der Waals surface area contributed by atoms with E-state index in [0.717, 1.165) is 12.3 Å². The minimum Gasteiger partial charge on any atom is -0.494 e. The summed E-state index contributed by atoms with van der Waals surface area (Å²) in [4.78, 5) is 12.3. The molecule has 2 aromatic rings. The smallest absolute Gasteiger partial charge is 0.251 e. The van der Waals surface area contributed by atoms with Crippen molar-refractivity contribution in [2.45, 2.75) is 13.0 Å². The SMILES string of the molecule is COc1ccc(C(=O)NC(C)c2cccc(NS(C)(=O)=O)c2)cc1F. The highest BCUT2D eigenvalue weighted by molar-refractivity contribution is 7.92. The van der Waals surface area contributed by atoms with Gasteiger partial charge in [-0.15, -0.1) is 0 Å². The molecule has 2 rings (SSSR count). The number of sulfonamides is 1. The molecule has 8 heteroatoms. The first-order valence-electron chi connectivity index (χ1n) is 7.42. The molecule has 0 saturated carbocycles. The number of rotatable bonds is 6. The quantitative estimate of drug-likeness (QED) is 0.823. The Morgan fingerprint density at radius 2 is 1.92 bits per heavy atom. The van der Waals surface area contributed by atoms with Crippen molar-refractivity contribution in [1.82, 2.24) is 5.32 Å². The average molecular weight is 366 g/mol. The summed E-state index contributed by atoms with van der Waals surface area (Å²) in [5.41, 5.74) is 1.27. The van der Waals surface area contributed by atoms with Crippen LogP contribution in [0.2, 0.25) is 0 Å². The van der Waals surface area contributed by atoms with Crippen molar-refractivity contribution in [3.05, 3.63) is 59.4 Å². The lowest BCUT2D eigenvalue weighted by Gasteiger charge is -2.16. The van der Waals surface area contributed by atoms with Crippen molar-refractivity contribution < 1.29 is 22.3 Å². The maximum atomic E-state index is 13.7. The minimum atomic E-state index is -3.39. The number of benzene rings is 2. The normalized spacial score (nSPS) is 12.3. The molecule has 0 spiro atoms. The van der Waals surface area contributed by atoms with E-state index in [9.17, 15) is 17.6 Å². The summed E-state index contributed by atoms with van der Waals surface area (Å²) in [5, 5.41) is 2.74. The number of nitrogens with one attached hydrogen (secondary N) is 2. The zero-order valence-corrected chi connectivity index (χ0v) is 14.9. The van der Waals surface area contributed by atoms with Gasteiger partial charge in [-0.05, 0) is 42.8 Å². The summed E-state index contributed by atoms with van der Waals surface area (Å²) < 4.78 is 43.5. The number of carbonyl (C=O) groups is 1. The molecule has 6 nitrogen and oxygen atoms in total. The van der Waals surface area contributed by atoms with E-state index in [0.29, 0.717) is 11.3 Å². The van der Waals surface area contributed by atoms with Gasteiger partial charge in [-0.2, -0.15) is 0 Å². The van der Waals surface area contributed by atoms with Gasteiger partial charge >= 0.3 is 0 Å². The van der Waals surface area contributed by atoms with Gasteiger partial charge in [-0.25, -0.2) is 12.8 Å². The Hall–Kier alpha value is -2.61. The molecule has 2 aromatic carbocycles. The van der Waals surface area contributed by atoms with E-state index < -0.39 is 27.8 Å². The second-order valence-corrected chi connectivity index (χ2v) is 7.29. The number of amides is 1. The average Bonchev–Trinajstić information content (AvgIpc) is 2.53. The van der Waals surface area contributed by atoms with Crippen LogP contribution < -0.4 is 14.8 Å². The van der Waals surface area contributed by atoms with E-state index >= 15 is 0 Å². The lowest BCUT2D eigenvalue weighted by molar-refractivity contribution is 0.0939. The van der Waals surface area contributed by atoms with Gasteiger partial charge in [-0.3, -0.25) is 9.52 Å². The third-order valence-corrected chi connectivity index (χ3v) is 4.06. The largest absolute Gasteiger partial charge is 0.494 e. The first-order valence-corrected chi connectivity index (χ1v) is 9.31. The van der Waals surface area contributed by atoms with E-state index in [2.05, 4.69) is 10.0 Å². The highest BCUT2D eigenvalue weighted by atomic mass is 32.2. The monoisotopic (exact) mass is 366 g/mol. The van der Waals surface area contributed by atoms with Crippen LogP contribution in [0.4, 0.5) is 10.1 Å². The molecular weight excluding hydrogens is 347 g/mol. The van der Waals surface area contributed by atoms with Crippen LogP contribution in [0, 0.1) is 5.82 Å². The lowest BCUT2D eigenvalue weighted by atomic mass is 10.1. The second kappa shape index (κ2) is 7.52. The third-order valence-electron chi connectivity index (χ3n) is 3.45. The van der Waals surface area contributed by atoms with Gasteiger partial charge in [-0.1, -0.05) is 12.1 Å². The Morgan fingerprint density at radius 3 is 2.52 bits per heavy atom. The molecule has 0 aliphatic heterocycles. The summed E-state index contributed by atoms with van der Waals surface area (Å²) >= 11 is 0. The van der Waals surface area contributed by atoms with Crippen molar-refractivity contribution in [1.29, 1.82) is 0 Å². The number of carbonyl (C=O) groups excluding carboxylic acids is 1. The number of methoxy groups -OCH3 is 1. The fraction of sp³-hybridized carbons (Fsp3) is 0.235. The fourth-order valence-corrected chi connectivity index (χ4v) is 2.81. The standard InChI is InChI=1S/C17H19FN2O4S/c1-11(12-5-4-6-14(9-12)20-25(3,22)23)19-17(21)13-7-8-16(24-2)15(18)10-13/h4-11,20H,1-3H3,(H,19,21). The number of hydrogen-bond acceptors (Lipinski definition) is 4. The summed E-state index contributed by atoms with van der Waals surface area (Å²) in [7, 11) is -2.04. The molecule has 134 valence electrons. The third kappa shape index (κ3) is 5.18. The molecular formula is C17H19FN2O4S. The van der Waals surface area contributed by atoms with Gasteiger partial charge in [0.15, 0.2) is 11.6 Å². The molecule has 0 saturated heterocycles. The molecule has 25 heavy (non-hydrogen) atoms. The summed E-state index contributed by atoms with van der Waals surface area (Å²) in [5.74, 6) is -1.01. The van der Waals surface area contributed by atoms with Crippen LogP contribution >= 0.6 is 0 Å². The van der Waals surface area contributed by atoms with Gasteiger partial charge in [0.25, 0.3) is 5.91 Å². The first kappa shape index (κ1) is 18.7. The molecule has 0 aliphatic rings. The van der Waals surface area contributed by atoms with Gasteiger partial charge in [0.1, 0.15) is 0 Å². The van der Waals surface area contributed by atoms with Gasteiger partial charge in [0.2, 0.25) is 10.0 Å². The Morgan fingerprint density at radius 1 is 1.20 bits per heavy atom. The van der Waals surface area contributed by atoms with Crippen LogP contribution in [0.15, 0.2) is 42.5 Å². The lowest BCUT2D eigenvalue weighted by Crippen LogP contribution is -2.26. The highest BCUT2D eigenvalue weighted by Gasteiger charge is 2.14. The zero-order chi connectivity index (χ0) is 18.6. The van der Waals surface area contributed by atoms with Crippen molar-refractivity contribution in [3.63, 3.8) is 0 Å². The predicted octanol–water partition coefficient (Wildman–Crippen LogP) is 2.70. The Kier molecular flexibility index (Phi) is 5.63. The van der Waals surface area contributed by atoms with E-state index in [1.165, 1.54) is 19.2 Å². The van der Waals surface area contributed by atoms with Gasteiger partial charge < -0.3 is 10.1 Å². The van der Waals surface area contributed by atoms with Crippen LogP contribution in [-0.2, 0) is 10.0 Å². The van der Waals surface area contributed by atoms with Crippen LogP contribution in [-0.4, -0.2) is 27.7 Å². The minimum absolute atomic E-state index is 0.0594. The van der Waals surface area contributed by atoms with Crippen LogP contribution in [0.25, 0.3) is 0 Å². The molecule has 1 amide bonds. The van der Waals surface area contributed by atoms with Crippen molar-refractivity contribution in [3.8, 4) is 5.75 Å². The molecule has 0 bridgehead atoms. The van der Waals surface area contributed by atoms with Crippen molar-refractivity contribution in [2.75, 3.05) is 18.1 Å². The van der Waals surface area contributed by atoms with E-state index in [1.54, 1.807) is 31.2 Å². The molecule has 0 fully saturated rings. The summed E-state index contributed by atoms with van der Waals surface area (Å²) in [6.07, 6.45) is 1.06. The summed E-state index contributed by atoms with van der Waals surface area (Å²) in [6, 6.07) is 10.2. The Labute approximate surface area is 146 Å².